The van der Waals surface area contributed by atoms with Gasteiger partial charge in [-0.1, -0.05) is 6.07 Å². The zero-order valence-corrected chi connectivity index (χ0v) is 10.9. The van der Waals surface area contributed by atoms with Gasteiger partial charge in [0.15, 0.2) is 5.75 Å². The standard InChI is InChI=1S/C15H18N2O2/c1-2-3-4-5-9-17-15(18)12-7-6-8-13-14(12)19-11-10-16-13/h1,6-8,16H,3-5,9-11H2,(H,17,18). The van der Waals surface area contributed by atoms with Crippen LogP contribution < -0.4 is 15.4 Å². The van der Waals surface area contributed by atoms with E-state index >= 15 is 0 Å². The van der Waals surface area contributed by atoms with E-state index < -0.39 is 0 Å². The first-order chi connectivity index (χ1) is 9.33. The van der Waals surface area contributed by atoms with E-state index in [0.29, 0.717) is 24.5 Å². The van der Waals surface area contributed by atoms with Gasteiger partial charge >= 0.3 is 0 Å². The number of hydrogen-bond donors (Lipinski definition) is 2. The van der Waals surface area contributed by atoms with Crippen molar-refractivity contribution in [3.05, 3.63) is 23.8 Å². The predicted octanol–water partition coefficient (Wildman–Crippen LogP) is 2.02. The molecule has 0 aromatic heterocycles. The minimum Gasteiger partial charge on any atom is -0.489 e. The molecule has 100 valence electrons. The van der Waals surface area contributed by atoms with Crippen LogP contribution in [0.2, 0.25) is 0 Å². The first kappa shape index (κ1) is 13.3. The molecule has 4 heteroatoms. The van der Waals surface area contributed by atoms with Gasteiger partial charge < -0.3 is 15.4 Å². The van der Waals surface area contributed by atoms with E-state index in [4.69, 9.17) is 11.2 Å². The molecule has 0 saturated heterocycles. The highest BCUT2D eigenvalue weighted by molar-refractivity contribution is 5.98. The van der Waals surface area contributed by atoms with Gasteiger partial charge in [-0.05, 0) is 25.0 Å². The second kappa shape index (κ2) is 6.69. The summed E-state index contributed by atoms with van der Waals surface area (Å²) in [5, 5.41) is 6.11. The Morgan fingerprint density at radius 3 is 3.21 bits per heavy atom. The number of amides is 1. The van der Waals surface area contributed by atoms with E-state index in [2.05, 4.69) is 16.6 Å². The monoisotopic (exact) mass is 258 g/mol. The van der Waals surface area contributed by atoms with Crippen LogP contribution in [-0.2, 0) is 0 Å². The lowest BCUT2D eigenvalue weighted by molar-refractivity contribution is 0.0949. The van der Waals surface area contributed by atoms with Crippen molar-refractivity contribution >= 4 is 11.6 Å². The Morgan fingerprint density at radius 1 is 1.47 bits per heavy atom. The normalized spacial score (nSPS) is 12.6. The molecule has 19 heavy (non-hydrogen) atoms. The van der Waals surface area contributed by atoms with Crippen LogP contribution in [0.15, 0.2) is 18.2 Å². The number of benzene rings is 1. The third-order valence-electron chi connectivity index (χ3n) is 2.96. The summed E-state index contributed by atoms with van der Waals surface area (Å²) < 4.78 is 5.57. The first-order valence-corrected chi connectivity index (χ1v) is 6.54. The lowest BCUT2D eigenvalue weighted by Crippen LogP contribution is -2.27. The summed E-state index contributed by atoms with van der Waals surface area (Å²) in [6.07, 6.45) is 7.76. The maximum absolute atomic E-state index is 12.1. The van der Waals surface area contributed by atoms with Gasteiger partial charge in [0.2, 0.25) is 0 Å². The zero-order valence-electron chi connectivity index (χ0n) is 10.9. The smallest absolute Gasteiger partial charge is 0.255 e. The fourth-order valence-electron chi connectivity index (χ4n) is 2.00. The summed E-state index contributed by atoms with van der Waals surface area (Å²) in [6.45, 7) is 1.99. The predicted molar refractivity (Wildman–Crippen MR) is 75.4 cm³/mol. The van der Waals surface area contributed by atoms with E-state index in [9.17, 15) is 4.79 Å². The van der Waals surface area contributed by atoms with Crippen LogP contribution >= 0.6 is 0 Å². The second-order valence-corrected chi connectivity index (χ2v) is 4.37. The average Bonchev–Trinajstić information content (AvgIpc) is 2.46. The molecule has 0 fully saturated rings. The molecule has 1 aromatic rings. The van der Waals surface area contributed by atoms with Crippen LogP contribution in [0.4, 0.5) is 5.69 Å². The van der Waals surface area contributed by atoms with Gasteiger partial charge in [-0.25, -0.2) is 0 Å². The Bertz CT molecular complexity index is 491. The maximum atomic E-state index is 12.1. The molecule has 0 aliphatic carbocycles. The molecule has 1 heterocycles. The maximum Gasteiger partial charge on any atom is 0.255 e. The van der Waals surface area contributed by atoms with E-state index in [1.54, 1.807) is 6.07 Å². The number of anilines is 1. The first-order valence-electron chi connectivity index (χ1n) is 6.54. The molecule has 0 atom stereocenters. The fourth-order valence-corrected chi connectivity index (χ4v) is 2.00. The Labute approximate surface area is 113 Å². The summed E-state index contributed by atoms with van der Waals surface area (Å²) in [5.41, 5.74) is 1.47. The highest BCUT2D eigenvalue weighted by Crippen LogP contribution is 2.30. The van der Waals surface area contributed by atoms with Gasteiger partial charge in [-0.3, -0.25) is 4.79 Å². The third kappa shape index (κ3) is 3.41. The van der Waals surface area contributed by atoms with Gasteiger partial charge in [-0.2, -0.15) is 0 Å². The number of rotatable bonds is 5. The lowest BCUT2D eigenvalue weighted by Gasteiger charge is -2.21. The van der Waals surface area contributed by atoms with Gasteiger partial charge in [0.1, 0.15) is 6.61 Å². The zero-order chi connectivity index (χ0) is 13.5. The van der Waals surface area contributed by atoms with Gasteiger partial charge in [0, 0.05) is 19.5 Å². The molecule has 1 aromatic carbocycles. The molecule has 0 bridgehead atoms. The van der Waals surface area contributed by atoms with Gasteiger partial charge in [0.25, 0.3) is 5.91 Å². The number of para-hydroxylation sites is 1. The van der Waals surface area contributed by atoms with Crippen molar-refractivity contribution in [2.75, 3.05) is 25.0 Å². The topological polar surface area (TPSA) is 50.4 Å². The summed E-state index contributed by atoms with van der Waals surface area (Å²) >= 11 is 0. The summed E-state index contributed by atoms with van der Waals surface area (Å²) in [7, 11) is 0. The molecule has 0 saturated carbocycles. The average molecular weight is 258 g/mol. The van der Waals surface area contributed by atoms with Crippen molar-refractivity contribution in [1.82, 2.24) is 5.32 Å². The van der Waals surface area contributed by atoms with Crippen LogP contribution in [0.3, 0.4) is 0 Å². The molecule has 0 unspecified atom stereocenters. The number of nitrogens with one attached hydrogen (secondary N) is 2. The van der Waals surface area contributed by atoms with E-state index in [-0.39, 0.29) is 5.91 Å². The summed E-state index contributed by atoms with van der Waals surface area (Å²) in [4.78, 5) is 12.1. The Morgan fingerprint density at radius 2 is 2.37 bits per heavy atom. The van der Waals surface area contributed by atoms with Crippen molar-refractivity contribution in [2.45, 2.75) is 19.3 Å². The van der Waals surface area contributed by atoms with Crippen molar-refractivity contribution in [1.29, 1.82) is 0 Å². The number of ether oxygens (including phenoxy) is 1. The molecule has 0 spiro atoms. The summed E-state index contributed by atoms with van der Waals surface area (Å²) in [6, 6.07) is 5.55. The van der Waals surface area contributed by atoms with Crippen LogP contribution in [0.5, 0.6) is 5.75 Å². The van der Waals surface area contributed by atoms with E-state index in [0.717, 1.165) is 31.5 Å². The van der Waals surface area contributed by atoms with Gasteiger partial charge in [0.05, 0.1) is 11.3 Å². The van der Waals surface area contributed by atoms with Crippen LogP contribution in [-0.4, -0.2) is 25.6 Å². The molecule has 2 N–H and O–H groups in total. The van der Waals surface area contributed by atoms with E-state index in [1.165, 1.54) is 0 Å². The van der Waals surface area contributed by atoms with E-state index in [1.807, 2.05) is 12.1 Å². The lowest BCUT2D eigenvalue weighted by atomic mass is 10.1. The highest BCUT2D eigenvalue weighted by Gasteiger charge is 2.18. The number of carbonyl (C=O) groups is 1. The van der Waals surface area contributed by atoms with Crippen molar-refractivity contribution < 1.29 is 9.53 Å². The molecular weight excluding hydrogens is 240 g/mol. The Balaban J connectivity index is 1.94. The minimum absolute atomic E-state index is 0.0961. The quantitative estimate of drug-likeness (QED) is 0.627. The number of hydrogen-bond acceptors (Lipinski definition) is 3. The fraction of sp³-hybridized carbons (Fsp3) is 0.400. The largest absolute Gasteiger partial charge is 0.489 e. The molecule has 1 aliphatic rings. The van der Waals surface area contributed by atoms with Crippen LogP contribution in [0, 0.1) is 12.3 Å². The summed E-state index contributed by atoms with van der Waals surface area (Å²) in [5.74, 6) is 3.14. The molecule has 1 aliphatic heterocycles. The second-order valence-electron chi connectivity index (χ2n) is 4.37. The minimum atomic E-state index is -0.0961. The number of terminal acetylenes is 1. The van der Waals surface area contributed by atoms with Crippen molar-refractivity contribution in [3.63, 3.8) is 0 Å². The van der Waals surface area contributed by atoms with Crippen molar-refractivity contribution in [3.8, 4) is 18.1 Å². The number of fused-ring (bicyclic) bond motifs is 1. The number of carbonyl (C=O) groups excluding carboxylic acids is 1. The SMILES string of the molecule is C#CCCCCNC(=O)c1cccc2c1OCCN2. The molecule has 4 nitrogen and oxygen atoms in total. The Kier molecular flexibility index (Phi) is 4.68. The Hall–Kier alpha value is -2.15. The molecular formula is C15H18N2O2. The molecule has 0 radical (unpaired) electrons. The van der Waals surface area contributed by atoms with Crippen LogP contribution in [0.1, 0.15) is 29.6 Å². The van der Waals surface area contributed by atoms with Gasteiger partial charge in [-0.15, -0.1) is 12.3 Å². The number of unbranched alkanes of at least 4 members (excludes halogenated alkanes) is 2. The third-order valence-corrected chi connectivity index (χ3v) is 2.96. The molecule has 2 rings (SSSR count). The van der Waals surface area contributed by atoms with Crippen molar-refractivity contribution in [2.24, 2.45) is 0 Å². The molecule has 1 amide bonds. The highest BCUT2D eigenvalue weighted by atomic mass is 16.5. The van der Waals surface area contributed by atoms with Crippen LogP contribution in [0.25, 0.3) is 0 Å².